The standard InChI is InChI=1S/C12H13ClN2O3/c13-8-1-2-10(9(4-8)12(14)18)15-5-7(6-15)3-11(16)17/h1-2,4,7H,3,5-6H2,(H2,14,18)(H,16,17). The number of primary amides is 1. The first-order valence-corrected chi connectivity index (χ1v) is 5.91. The number of amides is 1. The van der Waals surface area contributed by atoms with Gasteiger partial charge in [-0.25, -0.2) is 0 Å². The molecule has 6 heteroatoms. The summed E-state index contributed by atoms with van der Waals surface area (Å²) in [7, 11) is 0. The molecule has 0 aromatic heterocycles. The van der Waals surface area contributed by atoms with Gasteiger partial charge in [-0.1, -0.05) is 11.6 Å². The van der Waals surface area contributed by atoms with Crippen LogP contribution >= 0.6 is 11.6 Å². The molecule has 0 saturated carbocycles. The van der Waals surface area contributed by atoms with E-state index in [1.54, 1.807) is 12.1 Å². The highest BCUT2D eigenvalue weighted by molar-refractivity contribution is 6.31. The van der Waals surface area contributed by atoms with Crippen LogP contribution in [-0.2, 0) is 4.79 Å². The fourth-order valence-corrected chi connectivity index (χ4v) is 2.30. The van der Waals surface area contributed by atoms with E-state index >= 15 is 0 Å². The van der Waals surface area contributed by atoms with Crippen LogP contribution < -0.4 is 10.6 Å². The summed E-state index contributed by atoms with van der Waals surface area (Å²) in [5.74, 6) is -1.21. The zero-order valence-corrected chi connectivity index (χ0v) is 10.4. The van der Waals surface area contributed by atoms with Crippen LogP contribution in [0.25, 0.3) is 0 Å². The van der Waals surface area contributed by atoms with Gasteiger partial charge in [0.1, 0.15) is 0 Å². The van der Waals surface area contributed by atoms with Gasteiger partial charge in [-0.3, -0.25) is 9.59 Å². The number of carboxylic acids is 1. The number of carbonyl (C=O) groups excluding carboxylic acids is 1. The molecule has 96 valence electrons. The van der Waals surface area contributed by atoms with Crippen molar-refractivity contribution in [2.24, 2.45) is 11.7 Å². The van der Waals surface area contributed by atoms with Crippen LogP contribution in [0.15, 0.2) is 18.2 Å². The quantitative estimate of drug-likeness (QED) is 0.863. The van der Waals surface area contributed by atoms with E-state index in [1.165, 1.54) is 6.07 Å². The monoisotopic (exact) mass is 268 g/mol. The van der Waals surface area contributed by atoms with Crippen molar-refractivity contribution in [3.63, 3.8) is 0 Å². The van der Waals surface area contributed by atoms with Crippen LogP contribution in [0.5, 0.6) is 0 Å². The number of rotatable bonds is 4. The minimum Gasteiger partial charge on any atom is -0.481 e. The Morgan fingerprint density at radius 3 is 2.67 bits per heavy atom. The van der Waals surface area contributed by atoms with Gasteiger partial charge in [0.15, 0.2) is 0 Å². The maximum Gasteiger partial charge on any atom is 0.303 e. The summed E-state index contributed by atoms with van der Waals surface area (Å²) in [6.45, 7) is 1.24. The first kappa shape index (κ1) is 12.7. The molecule has 2 rings (SSSR count). The van der Waals surface area contributed by atoms with Crippen molar-refractivity contribution >= 4 is 29.2 Å². The Morgan fingerprint density at radius 1 is 1.44 bits per heavy atom. The van der Waals surface area contributed by atoms with E-state index in [1.807, 2.05) is 4.90 Å². The fraction of sp³-hybridized carbons (Fsp3) is 0.333. The summed E-state index contributed by atoms with van der Waals surface area (Å²) in [4.78, 5) is 23.8. The molecule has 3 N–H and O–H groups in total. The zero-order valence-electron chi connectivity index (χ0n) is 9.60. The number of nitrogens with zero attached hydrogens (tertiary/aromatic N) is 1. The Hall–Kier alpha value is -1.75. The van der Waals surface area contributed by atoms with E-state index < -0.39 is 11.9 Å². The SMILES string of the molecule is NC(=O)c1cc(Cl)ccc1N1CC(CC(=O)O)C1. The molecule has 0 aliphatic carbocycles. The first-order valence-electron chi connectivity index (χ1n) is 5.53. The highest BCUT2D eigenvalue weighted by Gasteiger charge is 2.30. The molecule has 1 aliphatic rings. The largest absolute Gasteiger partial charge is 0.481 e. The molecule has 0 unspecified atom stereocenters. The van der Waals surface area contributed by atoms with Gasteiger partial charge in [-0.05, 0) is 18.2 Å². The van der Waals surface area contributed by atoms with Crippen LogP contribution in [0.2, 0.25) is 5.02 Å². The van der Waals surface area contributed by atoms with Crippen LogP contribution in [0, 0.1) is 5.92 Å². The van der Waals surface area contributed by atoms with Gasteiger partial charge in [0.25, 0.3) is 5.91 Å². The molecule has 1 fully saturated rings. The van der Waals surface area contributed by atoms with Crippen molar-refractivity contribution < 1.29 is 14.7 Å². The van der Waals surface area contributed by atoms with Gasteiger partial charge in [0.2, 0.25) is 0 Å². The van der Waals surface area contributed by atoms with Gasteiger partial charge in [0.05, 0.1) is 12.0 Å². The van der Waals surface area contributed by atoms with E-state index in [4.69, 9.17) is 22.4 Å². The third kappa shape index (κ3) is 2.56. The van der Waals surface area contributed by atoms with E-state index in [9.17, 15) is 9.59 Å². The lowest BCUT2D eigenvalue weighted by atomic mass is 9.94. The molecule has 1 heterocycles. The van der Waals surface area contributed by atoms with Gasteiger partial charge in [-0.15, -0.1) is 0 Å². The van der Waals surface area contributed by atoms with Crippen molar-refractivity contribution in [3.8, 4) is 0 Å². The Labute approximate surface area is 109 Å². The van der Waals surface area contributed by atoms with Gasteiger partial charge in [0, 0.05) is 29.7 Å². The van der Waals surface area contributed by atoms with Gasteiger partial charge < -0.3 is 15.7 Å². The summed E-state index contributed by atoms with van der Waals surface area (Å²) >= 11 is 5.82. The second kappa shape index (κ2) is 4.86. The molecule has 18 heavy (non-hydrogen) atoms. The Bertz CT molecular complexity index is 498. The second-order valence-electron chi connectivity index (χ2n) is 4.39. The number of nitrogens with two attached hydrogens (primary N) is 1. The van der Waals surface area contributed by atoms with E-state index in [0.29, 0.717) is 29.4 Å². The normalized spacial score (nSPS) is 15.3. The molecule has 0 spiro atoms. The topological polar surface area (TPSA) is 83.6 Å². The lowest BCUT2D eigenvalue weighted by molar-refractivity contribution is -0.138. The van der Waals surface area contributed by atoms with Crippen LogP contribution in [0.4, 0.5) is 5.69 Å². The fourth-order valence-electron chi connectivity index (χ4n) is 2.12. The van der Waals surface area contributed by atoms with Crippen LogP contribution in [-0.4, -0.2) is 30.1 Å². The number of halogens is 1. The van der Waals surface area contributed by atoms with Crippen molar-refractivity contribution in [2.75, 3.05) is 18.0 Å². The highest BCUT2D eigenvalue weighted by Crippen LogP contribution is 2.31. The van der Waals surface area contributed by atoms with Crippen LogP contribution in [0.1, 0.15) is 16.8 Å². The molecule has 1 aliphatic heterocycles. The average molecular weight is 269 g/mol. The number of hydrogen-bond donors (Lipinski definition) is 2. The van der Waals surface area contributed by atoms with Gasteiger partial charge >= 0.3 is 5.97 Å². The molecule has 1 aromatic carbocycles. The highest BCUT2D eigenvalue weighted by atomic mass is 35.5. The molecule has 1 amide bonds. The lowest BCUT2D eigenvalue weighted by Gasteiger charge is -2.41. The number of anilines is 1. The summed E-state index contributed by atoms with van der Waals surface area (Å²) < 4.78 is 0. The minimum absolute atomic E-state index is 0.124. The zero-order chi connectivity index (χ0) is 13.3. The number of carboxylic acid groups (broad SMARTS) is 1. The van der Waals surface area contributed by atoms with Crippen molar-refractivity contribution in [1.29, 1.82) is 0 Å². The Balaban J connectivity index is 2.11. The summed E-state index contributed by atoms with van der Waals surface area (Å²) in [5, 5.41) is 9.13. The predicted molar refractivity (Wildman–Crippen MR) is 67.9 cm³/mol. The minimum atomic E-state index is -0.800. The van der Waals surface area contributed by atoms with E-state index in [0.717, 1.165) is 0 Å². The Morgan fingerprint density at radius 2 is 2.11 bits per heavy atom. The lowest BCUT2D eigenvalue weighted by Crippen LogP contribution is -2.48. The second-order valence-corrected chi connectivity index (χ2v) is 4.83. The Kier molecular flexibility index (Phi) is 3.43. The number of benzene rings is 1. The third-order valence-corrected chi connectivity index (χ3v) is 3.22. The molecule has 0 radical (unpaired) electrons. The van der Waals surface area contributed by atoms with Crippen molar-refractivity contribution in [2.45, 2.75) is 6.42 Å². The molecule has 5 nitrogen and oxygen atoms in total. The van der Waals surface area contributed by atoms with E-state index in [-0.39, 0.29) is 12.3 Å². The maximum absolute atomic E-state index is 11.3. The first-order chi connectivity index (χ1) is 8.47. The summed E-state index contributed by atoms with van der Waals surface area (Å²) in [5.41, 5.74) is 6.38. The maximum atomic E-state index is 11.3. The number of carbonyl (C=O) groups is 2. The molecular weight excluding hydrogens is 256 g/mol. The number of hydrogen-bond acceptors (Lipinski definition) is 3. The number of aliphatic carboxylic acids is 1. The average Bonchev–Trinajstić information content (AvgIpc) is 2.23. The molecule has 1 saturated heterocycles. The molecule has 0 atom stereocenters. The summed E-state index contributed by atoms with van der Waals surface area (Å²) in [6.07, 6.45) is 0.149. The third-order valence-electron chi connectivity index (χ3n) is 2.99. The molecular formula is C12H13ClN2O3. The molecule has 0 bridgehead atoms. The van der Waals surface area contributed by atoms with Gasteiger partial charge in [-0.2, -0.15) is 0 Å². The van der Waals surface area contributed by atoms with Crippen molar-refractivity contribution in [3.05, 3.63) is 28.8 Å². The molecule has 1 aromatic rings. The smallest absolute Gasteiger partial charge is 0.303 e. The summed E-state index contributed by atoms with van der Waals surface area (Å²) in [6, 6.07) is 4.96. The van der Waals surface area contributed by atoms with Crippen molar-refractivity contribution in [1.82, 2.24) is 0 Å². The predicted octanol–water partition coefficient (Wildman–Crippen LogP) is 1.35. The van der Waals surface area contributed by atoms with E-state index in [2.05, 4.69) is 0 Å². The van der Waals surface area contributed by atoms with Crippen LogP contribution in [0.3, 0.4) is 0 Å².